The Morgan fingerprint density at radius 3 is 2.67 bits per heavy atom. The third-order valence-corrected chi connectivity index (χ3v) is 0.800. The molecule has 0 fully saturated rings. The number of nitrogens with zero attached hydrogens (tertiary/aromatic N) is 1. The number of carbonyl (C=O) groups is 1. The lowest BCUT2D eigenvalue weighted by Crippen LogP contribution is -2.39. The molecule has 0 atom stereocenters. The number of hydrogen-bond acceptors (Lipinski definition) is 4. The zero-order valence-electron chi connectivity index (χ0n) is 5.33. The van der Waals surface area contributed by atoms with E-state index < -0.39 is 6.09 Å². The van der Waals surface area contributed by atoms with Crippen LogP contribution >= 0.6 is 0 Å². The normalized spacial score (nSPS) is 8.78. The highest BCUT2D eigenvalue weighted by atomic mass is 16.7. The first-order valence-corrected chi connectivity index (χ1v) is 2.65. The minimum atomic E-state index is -0.711. The SMILES string of the molecule is CCCN(N)C(=O)ON. The van der Waals surface area contributed by atoms with Crippen LogP contribution in [0.5, 0.6) is 0 Å². The molecule has 0 spiro atoms. The summed E-state index contributed by atoms with van der Waals surface area (Å²) in [6.45, 7) is 2.35. The summed E-state index contributed by atoms with van der Waals surface area (Å²) in [5, 5.41) is 0.917. The van der Waals surface area contributed by atoms with E-state index >= 15 is 0 Å². The maximum atomic E-state index is 10.4. The lowest BCUT2D eigenvalue weighted by atomic mass is 10.5. The van der Waals surface area contributed by atoms with Gasteiger partial charge in [0.25, 0.3) is 0 Å². The van der Waals surface area contributed by atoms with Crippen molar-refractivity contribution >= 4 is 6.09 Å². The van der Waals surface area contributed by atoms with Crippen molar-refractivity contribution in [1.82, 2.24) is 5.01 Å². The van der Waals surface area contributed by atoms with Crippen LogP contribution in [-0.4, -0.2) is 17.6 Å². The molecule has 0 aromatic heterocycles. The van der Waals surface area contributed by atoms with Gasteiger partial charge in [-0.2, -0.15) is 5.90 Å². The molecule has 0 rings (SSSR count). The standard InChI is InChI=1S/C4H11N3O2/c1-2-3-7(5)4(8)9-6/h2-3,5-6H2,1H3. The van der Waals surface area contributed by atoms with Gasteiger partial charge in [-0.3, -0.25) is 0 Å². The number of rotatable bonds is 2. The number of nitrogens with two attached hydrogens (primary N) is 2. The molecule has 5 nitrogen and oxygen atoms in total. The van der Waals surface area contributed by atoms with Crippen LogP contribution in [0.2, 0.25) is 0 Å². The summed E-state index contributed by atoms with van der Waals surface area (Å²) >= 11 is 0. The van der Waals surface area contributed by atoms with Gasteiger partial charge in [-0.25, -0.2) is 15.6 Å². The molecule has 0 aromatic rings. The average Bonchev–Trinajstić information content (AvgIpc) is 1.87. The molecule has 0 heterocycles. The van der Waals surface area contributed by atoms with E-state index in [0.717, 1.165) is 11.4 Å². The van der Waals surface area contributed by atoms with Gasteiger partial charge in [0.1, 0.15) is 0 Å². The highest BCUT2D eigenvalue weighted by Crippen LogP contribution is 1.84. The van der Waals surface area contributed by atoms with Crippen molar-refractivity contribution in [3.05, 3.63) is 0 Å². The number of carbonyl (C=O) groups excluding carboxylic acids is 1. The predicted octanol–water partition coefficient (Wildman–Crippen LogP) is -0.418. The van der Waals surface area contributed by atoms with Crippen LogP contribution in [0.25, 0.3) is 0 Å². The van der Waals surface area contributed by atoms with Crippen LogP contribution in [0.4, 0.5) is 4.79 Å². The van der Waals surface area contributed by atoms with Crippen molar-refractivity contribution in [3.63, 3.8) is 0 Å². The van der Waals surface area contributed by atoms with Crippen LogP contribution in [0.1, 0.15) is 13.3 Å². The lowest BCUT2D eigenvalue weighted by molar-refractivity contribution is 0.103. The molecule has 4 N–H and O–H groups in total. The van der Waals surface area contributed by atoms with E-state index in [2.05, 4.69) is 10.7 Å². The molecule has 9 heavy (non-hydrogen) atoms. The van der Waals surface area contributed by atoms with Gasteiger partial charge in [0, 0.05) is 6.54 Å². The lowest BCUT2D eigenvalue weighted by Gasteiger charge is -2.11. The highest BCUT2D eigenvalue weighted by molar-refractivity contribution is 5.66. The largest absolute Gasteiger partial charge is 0.442 e. The maximum absolute atomic E-state index is 10.4. The summed E-state index contributed by atoms with van der Waals surface area (Å²) in [7, 11) is 0. The minimum absolute atomic E-state index is 0.454. The summed E-state index contributed by atoms with van der Waals surface area (Å²) < 4.78 is 0. The molecule has 0 aliphatic heterocycles. The second-order valence-electron chi connectivity index (χ2n) is 1.58. The van der Waals surface area contributed by atoms with Crippen molar-refractivity contribution in [3.8, 4) is 0 Å². The van der Waals surface area contributed by atoms with E-state index in [4.69, 9.17) is 5.84 Å². The van der Waals surface area contributed by atoms with Crippen molar-refractivity contribution < 1.29 is 9.63 Å². The maximum Gasteiger partial charge on any atom is 0.442 e. The van der Waals surface area contributed by atoms with Crippen molar-refractivity contribution in [1.29, 1.82) is 0 Å². The van der Waals surface area contributed by atoms with Gasteiger partial charge in [0.05, 0.1) is 0 Å². The molecule has 0 radical (unpaired) electrons. The summed E-state index contributed by atoms with van der Waals surface area (Å²) in [6, 6.07) is 0. The first-order valence-electron chi connectivity index (χ1n) is 2.65. The van der Waals surface area contributed by atoms with Crippen molar-refractivity contribution in [2.24, 2.45) is 11.7 Å². The Morgan fingerprint density at radius 1 is 1.78 bits per heavy atom. The second kappa shape index (κ2) is 4.11. The van der Waals surface area contributed by atoms with Gasteiger partial charge >= 0.3 is 6.09 Å². The van der Waals surface area contributed by atoms with Gasteiger partial charge in [0.15, 0.2) is 0 Å². The quantitative estimate of drug-likeness (QED) is 0.304. The first-order chi connectivity index (χ1) is 4.22. The Bertz CT molecular complexity index is 95.8. The summed E-state index contributed by atoms with van der Waals surface area (Å²) in [5.41, 5.74) is 0. The van der Waals surface area contributed by atoms with E-state index in [-0.39, 0.29) is 0 Å². The van der Waals surface area contributed by atoms with E-state index in [9.17, 15) is 4.79 Å². The van der Waals surface area contributed by atoms with Gasteiger partial charge in [-0.05, 0) is 6.42 Å². The monoisotopic (exact) mass is 133 g/mol. The Balaban J connectivity index is 3.45. The fourth-order valence-corrected chi connectivity index (χ4v) is 0.400. The molecule has 0 aromatic carbocycles. The van der Waals surface area contributed by atoms with Crippen molar-refractivity contribution in [2.75, 3.05) is 6.54 Å². The molecule has 54 valence electrons. The van der Waals surface area contributed by atoms with Crippen LogP contribution in [0, 0.1) is 0 Å². The fourth-order valence-electron chi connectivity index (χ4n) is 0.400. The Kier molecular flexibility index (Phi) is 3.74. The zero-order valence-corrected chi connectivity index (χ0v) is 5.33. The summed E-state index contributed by atoms with van der Waals surface area (Å²) in [5.74, 6) is 9.65. The molecule has 5 heteroatoms. The Hall–Kier alpha value is -0.810. The van der Waals surface area contributed by atoms with Crippen LogP contribution in [0.15, 0.2) is 0 Å². The summed E-state index contributed by atoms with van der Waals surface area (Å²) in [6.07, 6.45) is 0.0721. The van der Waals surface area contributed by atoms with Gasteiger partial charge in [-0.1, -0.05) is 6.92 Å². The molecule has 0 bridgehead atoms. The highest BCUT2D eigenvalue weighted by Gasteiger charge is 2.05. The van der Waals surface area contributed by atoms with Crippen LogP contribution in [-0.2, 0) is 4.84 Å². The van der Waals surface area contributed by atoms with E-state index in [1.54, 1.807) is 0 Å². The third kappa shape index (κ3) is 2.89. The van der Waals surface area contributed by atoms with Gasteiger partial charge in [-0.15, -0.1) is 0 Å². The molecule has 0 aliphatic rings. The molecule has 1 amide bonds. The van der Waals surface area contributed by atoms with Gasteiger partial charge < -0.3 is 4.84 Å². The minimum Gasteiger partial charge on any atom is -0.356 e. The molecule has 0 unspecified atom stereocenters. The topological polar surface area (TPSA) is 81.6 Å². The van der Waals surface area contributed by atoms with E-state index in [1.807, 2.05) is 6.92 Å². The van der Waals surface area contributed by atoms with Crippen LogP contribution < -0.4 is 11.7 Å². The second-order valence-corrected chi connectivity index (χ2v) is 1.58. The zero-order chi connectivity index (χ0) is 7.28. The van der Waals surface area contributed by atoms with Crippen molar-refractivity contribution in [2.45, 2.75) is 13.3 Å². The molecular weight excluding hydrogens is 122 g/mol. The average molecular weight is 133 g/mol. The smallest absolute Gasteiger partial charge is 0.356 e. The molecular formula is C4H11N3O2. The van der Waals surface area contributed by atoms with E-state index in [0.29, 0.717) is 6.54 Å². The molecule has 0 saturated heterocycles. The fraction of sp³-hybridized carbons (Fsp3) is 0.750. The van der Waals surface area contributed by atoms with Crippen LogP contribution in [0.3, 0.4) is 0 Å². The predicted molar refractivity (Wildman–Crippen MR) is 31.9 cm³/mol. The Morgan fingerprint density at radius 2 is 2.33 bits per heavy atom. The molecule has 0 aliphatic carbocycles. The van der Waals surface area contributed by atoms with E-state index in [1.165, 1.54) is 0 Å². The Labute approximate surface area is 53.5 Å². The third-order valence-electron chi connectivity index (χ3n) is 0.800. The number of amides is 1. The number of hydrogen-bond donors (Lipinski definition) is 2. The summed E-state index contributed by atoms with van der Waals surface area (Å²) in [4.78, 5) is 14.2. The number of hydrazine groups is 1. The molecule has 0 saturated carbocycles. The first kappa shape index (κ1) is 8.19. The van der Waals surface area contributed by atoms with Gasteiger partial charge in [0.2, 0.25) is 0 Å².